The molecule has 4 heterocycles. The topological polar surface area (TPSA) is 140 Å². The van der Waals surface area contributed by atoms with Crippen molar-refractivity contribution in [3.63, 3.8) is 0 Å². The lowest BCUT2D eigenvalue weighted by Gasteiger charge is -2.13. The Balaban J connectivity index is 1.11. The fourth-order valence-electron chi connectivity index (χ4n) is 5.37. The Kier molecular flexibility index (Phi) is 9.03. The molecule has 0 aliphatic carbocycles. The molecule has 1 aliphatic heterocycles. The third kappa shape index (κ3) is 6.33. The molecule has 1 atom stereocenters. The Labute approximate surface area is 275 Å². The number of nitrogens with zero attached hydrogens (tertiary/aromatic N) is 4. The monoisotopic (exact) mass is 653 g/mol. The first-order chi connectivity index (χ1) is 22.2. The summed E-state index contributed by atoms with van der Waals surface area (Å²) in [5.41, 5.74) is 10.7. The number of carbonyl (C=O) groups is 2. The molecule has 0 saturated heterocycles. The predicted octanol–water partition coefficient (Wildman–Crippen LogP) is 5.18. The number of amides is 2. The first kappa shape index (κ1) is 31.2. The number of nitrogens with two attached hydrogens (primary N) is 1. The van der Waals surface area contributed by atoms with Crippen molar-refractivity contribution in [1.29, 1.82) is 0 Å². The molecule has 0 spiro atoms. The van der Waals surface area contributed by atoms with Crippen LogP contribution in [0.5, 0.6) is 0 Å². The highest BCUT2D eigenvalue weighted by Crippen LogP contribution is 2.39. The van der Waals surface area contributed by atoms with Crippen LogP contribution in [0, 0.1) is 32.6 Å². The summed E-state index contributed by atoms with van der Waals surface area (Å²) < 4.78 is 7.72. The van der Waals surface area contributed by atoms with E-state index < -0.39 is 6.04 Å². The van der Waals surface area contributed by atoms with Gasteiger partial charge in [0.1, 0.15) is 22.5 Å². The SMILES string of the molecule is Cc1sc2c(c1C)C(c1ccc(Cl)cc1)=N[C@@H](CC(=O)NCCCNC(=O)c1cc3cc(C#CCN)ccc3o1)c1nnc(C)n1-2. The van der Waals surface area contributed by atoms with Gasteiger partial charge in [-0.1, -0.05) is 35.6 Å². The molecule has 2 aromatic carbocycles. The van der Waals surface area contributed by atoms with E-state index in [1.54, 1.807) is 23.5 Å². The first-order valence-electron chi connectivity index (χ1n) is 14.9. The van der Waals surface area contributed by atoms with Crippen LogP contribution in [0.25, 0.3) is 16.0 Å². The van der Waals surface area contributed by atoms with Crippen LogP contribution in [0.4, 0.5) is 0 Å². The molecule has 3 aromatic heterocycles. The normalized spacial score (nSPS) is 13.7. The third-order valence-corrected chi connectivity index (χ3v) is 9.22. The largest absolute Gasteiger partial charge is 0.451 e. The van der Waals surface area contributed by atoms with E-state index in [1.807, 2.05) is 47.9 Å². The van der Waals surface area contributed by atoms with E-state index >= 15 is 0 Å². The molecule has 0 bridgehead atoms. The van der Waals surface area contributed by atoms with Gasteiger partial charge in [0, 0.05) is 45.1 Å². The van der Waals surface area contributed by atoms with Crippen molar-refractivity contribution in [2.45, 2.75) is 39.7 Å². The zero-order valence-corrected chi connectivity index (χ0v) is 27.2. The molecule has 5 aromatic rings. The summed E-state index contributed by atoms with van der Waals surface area (Å²) in [7, 11) is 0. The van der Waals surface area contributed by atoms with E-state index in [1.165, 1.54) is 4.88 Å². The third-order valence-electron chi connectivity index (χ3n) is 7.77. The molecule has 0 radical (unpaired) electrons. The van der Waals surface area contributed by atoms with Crippen LogP contribution in [-0.2, 0) is 4.79 Å². The number of benzene rings is 2. The number of hydrogen-bond acceptors (Lipinski definition) is 8. The van der Waals surface area contributed by atoms with E-state index in [-0.39, 0.29) is 30.5 Å². The fraction of sp³-hybridized carbons (Fsp3) is 0.265. The number of nitrogens with one attached hydrogen (secondary N) is 2. The maximum absolute atomic E-state index is 13.2. The summed E-state index contributed by atoms with van der Waals surface area (Å²) in [6, 6.07) is 14.2. The van der Waals surface area contributed by atoms with Crippen molar-refractivity contribution in [2.24, 2.45) is 10.7 Å². The van der Waals surface area contributed by atoms with Crippen LogP contribution < -0.4 is 16.4 Å². The number of thiophene rings is 1. The minimum absolute atomic E-state index is 0.0885. The van der Waals surface area contributed by atoms with Gasteiger partial charge in [0.15, 0.2) is 11.6 Å². The van der Waals surface area contributed by atoms with Gasteiger partial charge >= 0.3 is 0 Å². The quantitative estimate of drug-likeness (QED) is 0.156. The predicted molar refractivity (Wildman–Crippen MR) is 180 cm³/mol. The standard InChI is InChI=1S/C34H32ClN7O3S/c1-19-20(2)46-34-30(19)31(23-8-10-25(35)11-9-23)39-26(32-41-40-21(3)42(32)34)18-29(43)37-14-5-15-38-33(44)28-17-24-16-22(6-4-13-36)7-12-27(24)45-28/h7-12,16-17,26H,5,13-15,18,36H2,1-3H3,(H,37,43)(H,38,44)/t26-/m0/s1. The van der Waals surface area contributed by atoms with Gasteiger partial charge < -0.3 is 20.8 Å². The summed E-state index contributed by atoms with van der Waals surface area (Å²) in [6.45, 7) is 7.09. The van der Waals surface area contributed by atoms with Gasteiger partial charge in [-0.05, 0) is 69.2 Å². The molecule has 0 saturated carbocycles. The van der Waals surface area contributed by atoms with E-state index in [0.29, 0.717) is 35.9 Å². The lowest BCUT2D eigenvalue weighted by Crippen LogP contribution is -2.30. The number of aromatic nitrogens is 3. The highest BCUT2D eigenvalue weighted by atomic mass is 35.5. The van der Waals surface area contributed by atoms with E-state index in [9.17, 15) is 9.59 Å². The number of aryl methyl sites for hydroxylation is 2. The van der Waals surface area contributed by atoms with Crippen molar-refractivity contribution >= 4 is 51.4 Å². The fourth-order valence-corrected chi connectivity index (χ4v) is 6.71. The molecule has 2 amide bonds. The Hall–Kier alpha value is -4.76. The zero-order chi connectivity index (χ0) is 32.4. The van der Waals surface area contributed by atoms with Crippen LogP contribution in [0.1, 0.15) is 68.2 Å². The van der Waals surface area contributed by atoms with Crippen LogP contribution >= 0.6 is 22.9 Å². The van der Waals surface area contributed by atoms with Crippen LogP contribution in [0.2, 0.25) is 5.02 Å². The summed E-state index contributed by atoms with van der Waals surface area (Å²) in [5, 5.41) is 17.0. The second-order valence-corrected chi connectivity index (χ2v) is 12.6. The lowest BCUT2D eigenvalue weighted by molar-refractivity contribution is -0.121. The molecule has 10 nitrogen and oxygen atoms in total. The molecule has 234 valence electrons. The Morgan fingerprint density at radius 1 is 1.07 bits per heavy atom. The molecule has 4 N–H and O–H groups in total. The van der Waals surface area contributed by atoms with Gasteiger partial charge in [-0.15, -0.1) is 21.5 Å². The molecule has 0 unspecified atom stereocenters. The lowest BCUT2D eigenvalue weighted by atomic mass is 9.99. The number of rotatable bonds is 8. The van der Waals surface area contributed by atoms with Crippen molar-refractivity contribution in [1.82, 2.24) is 25.4 Å². The number of hydrogen-bond donors (Lipinski definition) is 3. The molecule has 46 heavy (non-hydrogen) atoms. The second-order valence-electron chi connectivity index (χ2n) is 10.9. The molecular formula is C34H32ClN7O3S. The van der Waals surface area contributed by atoms with Crippen LogP contribution in [-0.4, -0.2) is 51.9 Å². The Bertz CT molecular complexity index is 2050. The average Bonchev–Trinajstić information content (AvgIpc) is 3.70. The van der Waals surface area contributed by atoms with Gasteiger partial charge in [-0.2, -0.15) is 0 Å². The summed E-state index contributed by atoms with van der Waals surface area (Å²) >= 11 is 7.86. The maximum atomic E-state index is 13.2. The molecule has 1 aliphatic rings. The maximum Gasteiger partial charge on any atom is 0.287 e. The van der Waals surface area contributed by atoms with Crippen molar-refractivity contribution in [3.8, 4) is 16.8 Å². The zero-order valence-electron chi connectivity index (χ0n) is 25.6. The van der Waals surface area contributed by atoms with Gasteiger partial charge in [-0.25, -0.2) is 0 Å². The summed E-state index contributed by atoms with van der Waals surface area (Å²) in [6.07, 6.45) is 0.622. The highest BCUT2D eigenvalue weighted by molar-refractivity contribution is 7.15. The van der Waals surface area contributed by atoms with Crippen LogP contribution in [0.15, 0.2) is 57.9 Å². The van der Waals surface area contributed by atoms with Gasteiger partial charge in [0.25, 0.3) is 5.91 Å². The highest BCUT2D eigenvalue weighted by Gasteiger charge is 2.32. The number of aliphatic imine (C=N–C) groups is 1. The minimum atomic E-state index is -0.555. The summed E-state index contributed by atoms with van der Waals surface area (Å²) in [4.78, 5) is 32.2. The number of halogens is 1. The van der Waals surface area contributed by atoms with Crippen LogP contribution in [0.3, 0.4) is 0 Å². The number of furan rings is 1. The number of fused-ring (bicyclic) bond motifs is 4. The smallest absolute Gasteiger partial charge is 0.287 e. The molecule has 6 rings (SSSR count). The van der Waals surface area contributed by atoms with Crippen molar-refractivity contribution in [3.05, 3.63) is 98.1 Å². The van der Waals surface area contributed by atoms with Gasteiger partial charge in [0.2, 0.25) is 5.91 Å². The van der Waals surface area contributed by atoms with E-state index in [0.717, 1.165) is 44.2 Å². The van der Waals surface area contributed by atoms with E-state index in [2.05, 4.69) is 46.5 Å². The minimum Gasteiger partial charge on any atom is -0.451 e. The van der Waals surface area contributed by atoms with Crippen molar-refractivity contribution < 1.29 is 14.0 Å². The average molecular weight is 654 g/mol. The summed E-state index contributed by atoms with van der Waals surface area (Å²) in [5.74, 6) is 6.86. The second kappa shape index (κ2) is 13.3. The number of carbonyl (C=O) groups excluding carboxylic acids is 2. The molecular weight excluding hydrogens is 622 g/mol. The van der Waals surface area contributed by atoms with Gasteiger partial charge in [0.05, 0.1) is 18.7 Å². The first-order valence-corrected chi connectivity index (χ1v) is 16.1. The van der Waals surface area contributed by atoms with E-state index in [4.69, 9.17) is 26.7 Å². The van der Waals surface area contributed by atoms with Crippen molar-refractivity contribution in [2.75, 3.05) is 19.6 Å². The molecule has 12 heteroatoms. The Morgan fingerprint density at radius 2 is 1.85 bits per heavy atom. The molecule has 0 fully saturated rings. The van der Waals surface area contributed by atoms with Gasteiger partial charge in [-0.3, -0.25) is 19.1 Å². The Morgan fingerprint density at radius 3 is 2.63 bits per heavy atom.